The Morgan fingerprint density at radius 2 is 1.68 bits per heavy atom. The van der Waals surface area contributed by atoms with E-state index in [2.05, 4.69) is 68.3 Å². The molecular formula is C17H22N2. The molecule has 2 N–H and O–H groups in total. The molecular weight excluding hydrogens is 232 g/mol. The Bertz CT molecular complexity index is 544. The maximum Gasteiger partial charge on any atom is 0.0426 e. The van der Waals surface area contributed by atoms with Gasteiger partial charge < -0.3 is 10.6 Å². The Labute approximate surface area is 115 Å². The van der Waals surface area contributed by atoms with Gasteiger partial charge in [0.1, 0.15) is 0 Å². The van der Waals surface area contributed by atoms with Crippen LogP contribution in [0, 0.1) is 13.8 Å². The zero-order valence-electron chi connectivity index (χ0n) is 12.0. The third-order valence-electron chi connectivity index (χ3n) is 3.53. The first-order valence-corrected chi connectivity index (χ1v) is 6.66. The number of nitrogens with two attached hydrogens (primary N) is 1. The van der Waals surface area contributed by atoms with Crippen molar-refractivity contribution in [1.82, 2.24) is 0 Å². The molecule has 19 heavy (non-hydrogen) atoms. The lowest BCUT2D eigenvalue weighted by molar-refractivity contribution is 0.918. The van der Waals surface area contributed by atoms with Crippen LogP contribution in [0.5, 0.6) is 0 Å². The number of rotatable bonds is 4. The highest BCUT2D eigenvalue weighted by Gasteiger charge is 2.04. The molecule has 0 aliphatic rings. The Hall–Kier alpha value is -1.80. The van der Waals surface area contributed by atoms with Gasteiger partial charge in [-0.25, -0.2) is 0 Å². The van der Waals surface area contributed by atoms with Crippen molar-refractivity contribution in [3.05, 3.63) is 64.7 Å². The van der Waals surface area contributed by atoms with Gasteiger partial charge in [-0.05, 0) is 42.7 Å². The van der Waals surface area contributed by atoms with Gasteiger partial charge in [0, 0.05) is 25.8 Å². The highest BCUT2D eigenvalue weighted by Crippen LogP contribution is 2.20. The van der Waals surface area contributed by atoms with Gasteiger partial charge in [0.2, 0.25) is 0 Å². The van der Waals surface area contributed by atoms with E-state index in [-0.39, 0.29) is 0 Å². The number of benzene rings is 2. The first-order valence-electron chi connectivity index (χ1n) is 6.66. The summed E-state index contributed by atoms with van der Waals surface area (Å²) in [4.78, 5) is 2.26. The van der Waals surface area contributed by atoms with E-state index >= 15 is 0 Å². The molecule has 0 aliphatic carbocycles. The molecule has 0 bridgehead atoms. The lowest BCUT2D eigenvalue weighted by Crippen LogP contribution is -2.16. The average molecular weight is 254 g/mol. The monoisotopic (exact) mass is 254 g/mol. The topological polar surface area (TPSA) is 29.3 Å². The molecule has 2 heteroatoms. The Balaban J connectivity index is 2.13. The van der Waals surface area contributed by atoms with Crippen LogP contribution in [0.25, 0.3) is 0 Å². The van der Waals surface area contributed by atoms with E-state index in [4.69, 9.17) is 5.73 Å². The zero-order chi connectivity index (χ0) is 13.8. The van der Waals surface area contributed by atoms with Gasteiger partial charge in [-0.2, -0.15) is 0 Å². The second-order valence-corrected chi connectivity index (χ2v) is 5.16. The summed E-state index contributed by atoms with van der Waals surface area (Å²) >= 11 is 0. The molecule has 0 saturated heterocycles. The minimum absolute atomic E-state index is 0.605. The molecule has 0 unspecified atom stereocenters. The molecule has 2 aromatic rings. The van der Waals surface area contributed by atoms with Crippen molar-refractivity contribution >= 4 is 5.69 Å². The molecule has 2 nitrogen and oxygen atoms in total. The van der Waals surface area contributed by atoms with Crippen LogP contribution in [0.2, 0.25) is 0 Å². The van der Waals surface area contributed by atoms with Crippen LogP contribution in [-0.2, 0) is 13.1 Å². The SMILES string of the molecule is Cc1ccc(CN(C)c2ccc(CN)c(C)c2)cc1. The molecule has 0 aliphatic heterocycles. The highest BCUT2D eigenvalue weighted by molar-refractivity contribution is 5.50. The standard InChI is InChI=1S/C17H22N2/c1-13-4-6-15(7-5-13)12-19(3)17-9-8-16(11-18)14(2)10-17/h4-10H,11-12,18H2,1-3H3. The van der Waals surface area contributed by atoms with Crippen LogP contribution in [0.1, 0.15) is 22.3 Å². The second kappa shape index (κ2) is 5.89. The molecule has 0 heterocycles. The fourth-order valence-electron chi connectivity index (χ4n) is 2.21. The fraction of sp³-hybridized carbons (Fsp3) is 0.294. The van der Waals surface area contributed by atoms with Crippen molar-refractivity contribution < 1.29 is 0 Å². The van der Waals surface area contributed by atoms with Crippen molar-refractivity contribution in [2.24, 2.45) is 5.73 Å². The number of nitrogens with zero attached hydrogens (tertiary/aromatic N) is 1. The van der Waals surface area contributed by atoms with Gasteiger partial charge in [-0.3, -0.25) is 0 Å². The number of hydrogen-bond acceptors (Lipinski definition) is 2. The molecule has 0 atom stereocenters. The van der Waals surface area contributed by atoms with Gasteiger partial charge in [-0.1, -0.05) is 35.9 Å². The van der Waals surface area contributed by atoms with Gasteiger partial charge in [-0.15, -0.1) is 0 Å². The van der Waals surface area contributed by atoms with Crippen LogP contribution in [-0.4, -0.2) is 7.05 Å². The quantitative estimate of drug-likeness (QED) is 0.906. The molecule has 0 spiro atoms. The van der Waals surface area contributed by atoms with Crippen LogP contribution in [0.4, 0.5) is 5.69 Å². The van der Waals surface area contributed by atoms with Gasteiger partial charge in [0.25, 0.3) is 0 Å². The number of hydrogen-bond donors (Lipinski definition) is 1. The Morgan fingerprint density at radius 3 is 2.26 bits per heavy atom. The second-order valence-electron chi connectivity index (χ2n) is 5.16. The lowest BCUT2D eigenvalue weighted by atomic mass is 10.1. The van der Waals surface area contributed by atoms with Crippen molar-refractivity contribution in [1.29, 1.82) is 0 Å². The average Bonchev–Trinajstić information content (AvgIpc) is 2.41. The highest BCUT2D eigenvalue weighted by atomic mass is 15.1. The minimum atomic E-state index is 0.605. The van der Waals surface area contributed by atoms with Crippen molar-refractivity contribution in [2.45, 2.75) is 26.9 Å². The molecule has 0 aromatic heterocycles. The van der Waals surface area contributed by atoms with E-state index in [1.165, 1.54) is 27.9 Å². The molecule has 0 saturated carbocycles. The third-order valence-corrected chi connectivity index (χ3v) is 3.53. The predicted molar refractivity (Wildman–Crippen MR) is 82.4 cm³/mol. The Kier molecular flexibility index (Phi) is 4.23. The maximum absolute atomic E-state index is 5.70. The fourth-order valence-corrected chi connectivity index (χ4v) is 2.21. The van der Waals surface area contributed by atoms with Crippen LogP contribution in [0.15, 0.2) is 42.5 Å². The predicted octanol–water partition coefficient (Wildman–Crippen LogP) is 3.40. The summed E-state index contributed by atoms with van der Waals surface area (Å²) in [6, 6.07) is 15.2. The van der Waals surface area contributed by atoms with E-state index in [0.717, 1.165) is 6.54 Å². The van der Waals surface area contributed by atoms with Crippen molar-refractivity contribution in [3.63, 3.8) is 0 Å². The largest absolute Gasteiger partial charge is 0.370 e. The summed E-state index contributed by atoms with van der Waals surface area (Å²) in [5.41, 5.74) is 12.0. The number of aryl methyl sites for hydroxylation is 2. The lowest BCUT2D eigenvalue weighted by Gasteiger charge is -2.21. The van der Waals surface area contributed by atoms with Gasteiger partial charge in [0.15, 0.2) is 0 Å². The first-order chi connectivity index (χ1) is 9.10. The smallest absolute Gasteiger partial charge is 0.0426 e. The summed E-state index contributed by atoms with van der Waals surface area (Å²) in [6.45, 7) is 5.75. The third kappa shape index (κ3) is 3.36. The molecule has 0 amide bonds. The Morgan fingerprint density at radius 1 is 1.00 bits per heavy atom. The molecule has 2 rings (SSSR count). The summed E-state index contributed by atoms with van der Waals surface area (Å²) in [5.74, 6) is 0. The summed E-state index contributed by atoms with van der Waals surface area (Å²) in [7, 11) is 2.12. The summed E-state index contributed by atoms with van der Waals surface area (Å²) in [5, 5.41) is 0. The summed E-state index contributed by atoms with van der Waals surface area (Å²) in [6.07, 6.45) is 0. The first kappa shape index (κ1) is 13.6. The van der Waals surface area contributed by atoms with Crippen LogP contribution < -0.4 is 10.6 Å². The summed E-state index contributed by atoms with van der Waals surface area (Å²) < 4.78 is 0. The van der Waals surface area contributed by atoms with Crippen LogP contribution in [0.3, 0.4) is 0 Å². The van der Waals surface area contributed by atoms with Crippen molar-refractivity contribution in [2.75, 3.05) is 11.9 Å². The van der Waals surface area contributed by atoms with E-state index < -0.39 is 0 Å². The molecule has 2 aromatic carbocycles. The number of anilines is 1. The molecule has 100 valence electrons. The van der Waals surface area contributed by atoms with E-state index in [0.29, 0.717) is 6.54 Å². The van der Waals surface area contributed by atoms with E-state index in [1.54, 1.807) is 0 Å². The van der Waals surface area contributed by atoms with Crippen LogP contribution >= 0.6 is 0 Å². The maximum atomic E-state index is 5.70. The van der Waals surface area contributed by atoms with Crippen molar-refractivity contribution in [3.8, 4) is 0 Å². The molecule has 0 fully saturated rings. The zero-order valence-corrected chi connectivity index (χ0v) is 12.0. The minimum Gasteiger partial charge on any atom is -0.370 e. The normalized spacial score (nSPS) is 10.5. The molecule has 0 radical (unpaired) electrons. The van der Waals surface area contributed by atoms with E-state index in [1.807, 2.05) is 0 Å². The van der Waals surface area contributed by atoms with Gasteiger partial charge >= 0.3 is 0 Å². The van der Waals surface area contributed by atoms with Gasteiger partial charge in [0.05, 0.1) is 0 Å². The van der Waals surface area contributed by atoms with E-state index in [9.17, 15) is 0 Å².